The van der Waals surface area contributed by atoms with Gasteiger partial charge in [-0.05, 0) is 5.92 Å². The second-order valence-corrected chi connectivity index (χ2v) is 7.17. The molecule has 1 aromatic heterocycles. The van der Waals surface area contributed by atoms with Gasteiger partial charge < -0.3 is 15.3 Å². The molecule has 128 valence electrons. The van der Waals surface area contributed by atoms with Crippen LogP contribution in [0.2, 0.25) is 0 Å². The third kappa shape index (κ3) is 3.94. The van der Waals surface area contributed by atoms with Crippen LogP contribution in [-0.4, -0.2) is 47.3 Å². The largest absolute Gasteiger partial charge is 0.396 e. The monoisotopic (exact) mass is 345 g/mol. The summed E-state index contributed by atoms with van der Waals surface area (Å²) in [5.41, 5.74) is 2.13. The molecule has 6 heteroatoms. The number of thiazole rings is 1. The van der Waals surface area contributed by atoms with E-state index >= 15 is 0 Å². The average Bonchev–Trinajstić information content (AvgIpc) is 3.22. The van der Waals surface area contributed by atoms with Gasteiger partial charge >= 0.3 is 6.03 Å². The van der Waals surface area contributed by atoms with Crippen molar-refractivity contribution in [3.8, 4) is 10.6 Å². The van der Waals surface area contributed by atoms with Crippen LogP contribution in [0.3, 0.4) is 0 Å². The number of nitrogens with one attached hydrogen (secondary N) is 1. The van der Waals surface area contributed by atoms with E-state index in [0.717, 1.165) is 22.7 Å². The van der Waals surface area contributed by atoms with Crippen molar-refractivity contribution in [2.24, 2.45) is 11.8 Å². The quantitative estimate of drug-likeness (QED) is 0.875. The van der Waals surface area contributed by atoms with E-state index in [0.29, 0.717) is 25.6 Å². The Balaban J connectivity index is 1.47. The number of amides is 2. The Morgan fingerprint density at radius 3 is 2.88 bits per heavy atom. The van der Waals surface area contributed by atoms with Crippen molar-refractivity contribution in [3.63, 3.8) is 0 Å². The second-order valence-electron chi connectivity index (χ2n) is 6.32. The molecule has 0 bridgehead atoms. The Morgan fingerprint density at radius 1 is 1.38 bits per heavy atom. The third-order valence-electron chi connectivity index (χ3n) is 4.52. The Bertz CT molecular complexity index is 674. The molecule has 0 unspecified atom stereocenters. The van der Waals surface area contributed by atoms with Crippen LogP contribution in [0.1, 0.15) is 12.6 Å². The molecule has 24 heavy (non-hydrogen) atoms. The molecule has 2 amide bonds. The van der Waals surface area contributed by atoms with E-state index < -0.39 is 0 Å². The van der Waals surface area contributed by atoms with Gasteiger partial charge in [0.2, 0.25) is 0 Å². The van der Waals surface area contributed by atoms with Gasteiger partial charge in [-0.2, -0.15) is 0 Å². The van der Waals surface area contributed by atoms with Crippen LogP contribution >= 0.6 is 11.3 Å². The van der Waals surface area contributed by atoms with Crippen molar-refractivity contribution >= 4 is 17.4 Å². The summed E-state index contributed by atoms with van der Waals surface area (Å²) < 4.78 is 0. The van der Waals surface area contributed by atoms with Crippen LogP contribution in [-0.2, 0) is 6.42 Å². The molecule has 1 fully saturated rings. The number of nitrogens with zero attached hydrogens (tertiary/aromatic N) is 2. The first-order chi connectivity index (χ1) is 11.7. The van der Waals surface area contributed by atoms with Gasteiger partial charge in [0.15, 0.2) is 0 Å². The standard InChI is InChI=1S/C18H23N3O2S/c1-13-9-21(10-15(13)11-22)18(23)19-8-7-16-12-24-17(20-16)14-5-3-2-4-6-14/h2-6,12-13,15,22H,7-11H2,1H3,(H,19,23)/t13-,15+/m1/s1. The molecule has 2 aromatic rings. The van der Waals surface area contributed by atoms with Crippen molar-refractivity contribution in [2.75, 3.05) is 26.2 Å². The predicted octanol–water partition coefficient (Wildman–Crippen LogP) is 2.62. The summed E-state index contributed by atoms with van der Waals surface area (Å²) in [6.07, 6.45) is 0.724. The zero-order chi connectivity index (χ0) is 16.9. The number of carbonyl (C=O) groups is 1. The SMILES string of the molecule is C[C@@H]1CN(C(=O)NCCc2csc(-c3ccccc3)n2)C[C@H]1CO. The van der Waals surface area contributed by atoms with Crippen LogP contribution in [0.25, 0.3) is 10.6 Å². The van der Waals surface area contributed by atoms with E-state index in [4.69, 9.17) is 0 Å². The van der Waals surface area contributed by atoms with Crippen LogP contribution in [0, 0.1) is 11.8 Å². The minimum Gasteiger partial charge on any atom is -0.396 e. The van der Waals surface area contributed by atoms with Gasteiger partial charge in [-0.1, -0.05) is 37.3 Å². The molecule has 1 aliphatic heterocycles. The molecule has 0 radical (unpaired) electrons. The highest BCUT2D eigenvalue weighted by Crippen LogP contribution is 2.24. The molecule has 3 rings (SSSR count). The average molecular weight is 345 g/mol. The minimum atomic E-state index is -0.0451. The third-order valence-corrected chi connectivity index (χ3v) is 5.46. The number of hydrogen-bond acceptors (Lipinski definition) is 4. The molecule has 1 aromatic carbocycles. The lowest BCUT2D eigenvalue weighted by Gasteiger charge is -2.16. The lowest BCUT2D eigenvalue weighted by atomic mass is 10.00. The van der Waals surface area contributed by atoms with E-state index in [-0.39, 0.29) is 18.6 Å². The maximum Gasteiger partial charge on any atom is 0.317 e. The molecule has 2 atom stereocenters. The number of urea groups is 1. The normalized spacial score (nSPS) is 20.3. The highest BCUT2D eigenvalue weighted by atomic mass is 32.1. The summed E-state index contributed by atoms with van der Waals surface area (Å²) in [5, 5.41) is 15.3. The lowest BCUT2D eigenvalue weighted by molar-refractivity contribution is 0.195. The zero-order valence-corrected chi connectivity index (χ0v) is 14.6. The highest BCUT2D eigenvalue weighted by Gasteiger charge is 2.31. The van der Waals surface area contributed by atoms with Gasteiger partial charge in [0.25, 0.3) is 0 Å². The van der Waals surface area contributed by atoms with Gasteiger partial charge in [0, 0.05) is 49.5 Å². The highest BCUT2D eigenvalue weighted by molar-refractivity contribution is 7.13. The fourth-order valence-electron chi connectivity index (χ4n) is 2.98. The minimum absolute atomic E-state index is 0.0451. The van der Waals surface area contributed by atoms with Gasteiger partial charge in [0.1, 0.15) is 5.01 Å². The number of aromatic nitrogens is 1. The molecule has 5 nitrogen and oxygen atoms in total. The summed E-state index contributed by atoms with van der Waals surface area (Å²) in [5.74, 6) is 0.551. The van der Waals surface area contributed by atoms with Gasteiger partial charge in [-0.3, -0.25) is 0 Å². The second kappa shape index (κ2) is 7.77. The first-order valence-corrected chi connectivity index (χ1v) is 9.19. The Hall–Kier alpha value is -1.92. The Kier molecular flexibility index (Phi) is 5.48. The molecule has 1 saturated heterocycles. The van der Waals surface area contributed by atoms with Gasteiger partial charge in [0.05, 0.1) is 5.69 Å². The number of rotatable bonds is 5. The molecule has 1 aliphatic rings. The van der Waals surface area contributed by atoms with Crippen molar-refractivity contribution < 1.29 is 9.90 Å². The fourth-order valence-corrected chi connectivity index (χ4v) is 3.84. The maximum atomic E-state index is 12.2. The molecule has 0 spiro atoms. The maximum absolute atomic E-state index is 12.2. The molecule has 0 aliphatic carbocycles. The number of aliphatic hydroxyl groups excluding tert-OH is 1. The Labute approximate surface area is 146 Å². The molecular weight excluding hydrogens is 322 g/mol. The van der Waals surface area contributed by atoms with Crippen molar-refractivity contribution in [2.45, 2.75) is 13.3 Å². The van der Waals surface area contributed by atoms with E-state index in [1.165, 1.54) is 0 Å². The molecule has 0 saturated carbocycles. The van der Waals surface area contributed by atoms with Crippen LogP contribution in [0.15, 0.2) is 35.7 Å². The van der Waals surface area contributed by atoms with Crippen LogP contribution in [0.4, 0.5) is 4.79 Å². The molecular formula is C18H23N3O2S. The first kappa shape index (κ1) is 16.9. The summed E-state index contributed by atoms with van der Waals surface area (Å²) in [4.78, 5) is 18.6. The summed E-state index contributed by atoms with van der Waals surface area (Å²) in [6, 6.07) is 10.1. The fraction of sp³-hybridized carbons (Fsp3) is 0.444. The lowest BCUT2D eigenvalue weighted by Crippen LogP contribution is -2.39. The topological polar surface area (TPSA) is 65.5 Å². The van der Waals surface area contributed by atoms with Crippen molar-refractivity contribution in [1.29, 1.82) is 0 Å². The first-order valence-electron chi connectivity index (χ1n) is 8.31. The van der Waals surface area contributed by atoms with E-state index in [2.05, 4.69) is 29.4 Å². The summed E-state index contributed by atoms with van der Waals surface area (Å²) in [7, 11) is 0. The smallest absolute Gasteiger partial charge is 0.317 e. The van der Waals surface area contributed by atoms with Gasteiger partial charge in [-0.25, -0.2) is 9.78 Å². The van der Waals surface area contributed by atoms with Gasteiger partial charge in [-0.15, -0.1) is 11.3 Å². The van der Waals surface area contributed by atoms with E-state index in [9.17, 15) is 9.90 Å². The van der Waals surface area contributed by atoms with Crippen molar-refractivity contribution in [3.05, 3.63) is 41.4 Å². The molecule has 2 N–H and O–H groups in total. The van der Waals surface area contributed by atoms with Crippen LogP contribution < -0.4 is 5.32 Å². The number of likely N-dealkylation sites (tertiary alicyclic amines) is 1. The van der Waals surface area contributed by atoms with Crippen molar-refractivity contribution in [1.82, 2.24) is 15.2 Å². The van der Waals surface area contributed by atoms with Crippen LogP contribution in [0.5, 0.6) is 0 Å². The summed E-state index contributed by atoms with van der Waals surface area (Å²) >= 11 is 1.63. The number of benzene rings is 1. The summed E-state index contributed by atoms with van der Waals surface area (Å²) in [6.45, 7) is 4.15. The number of carbonyl (C=O) groups excluding carboxylic acids is 1. The van der Waals surface area contributed by atoms with E-state index in [1.807, 2.05) is 23.6 Å². The van der Waals surface area contributed by atoms with E-state index in [1.54, 1.807) is 16.2 Å². The number of aliphatic hydroxyl groups is 1. The molecule has 2 heterocycles. The predicted molar refractivity (Wildman–Crippen MR) is 96.0 cm³/mol. The zero-order valence-electron chi connectivity index (χ0n) is 13.8. The number of hydrogen-bond donors (Lipinski definition) is 2. The Morgan fingerprint density at radius 2 is 2.17 bits per heavy atom.